The minimum absolute atomic E-state index is 0.101. The van der Waals surface area contributed by atoms with Crippen LogP contribution in [0.1, 0.15) is 11.1 Å². The van der Waals surface area contributed by atoms with E-state index in [0.29, 0.717) is 16.8 Å². The van der Waals surface area contributed by atoms with Gasteiger partial charge in [-0.25, -0.2) is 4.39 Å². The Bertz CT molecular complexity index is 614. The van der Waals surface area contributed by atoms with Gasteiger partial charge in [-0.05, 0) is 33.6 Å². The normalized spacial score (nSPS) is 10.3. The summed E-state index contributed by atoms with van der Waals surface area (Å²) in [6.45, 7) is 0.331. The van der Waals surface area contributed by atoms with Crippen molar-refractivity contribution >= 4 is 21.9 Å². The highest BCUT2D eigenvalue weighted by Crippen LogP contribution is 2.29. The van der Waals surface area contributed by atoms with Crippen molar-refractivity contribution in [3.05, 3.63) is 63.9 Å². The quantitative estimate of drug-likeness (QED) is 0.901. The number of rotatable bonds is 5. The van der Waals surface area contributed by atoms with Gasteiger partial charge in [-0.15, -0.1) is 0 Å². The Hall–Kier alpha value is -1.88. The van der Waals surface area contributed by atoms with Crippen LogP contribution in [0.5, 0.6) is 5.75 Å². The Morgan fingerprint density at radius 3 is 2.60 bits per heavy atom. The van der Waals surface area contributed by atoms with Crippen LogP contribution in [0, 0.1) is 5.82 Å². The standard InChI is InChI=1S/C15H12BrFO3/c16-12-8-13(17)11(7-15(18)19)6-14(12)20-9-10-4-2-1-3-5-10/h1-6,8H,7,9H2,(H,18,19). The monoisotopic (exact) mass is 338 g/mol. The predicted molar refractivity (Wildman–Crippen MR) is 76.2 cm³/mol. The van der Waals surface area contributed by atoms with Gasteiger partial charge in [0.15, 0.2) is 0 Å². The topological polar surface area (TPSA) is 46.5 Å². The minimum atomic E-state index is -1.08. The molecule has 0 bridgehead atoms. The Morgan fingerprint density at radius 1 is 1.25 bits per heavy atom. The number of ether oxygens (including phenoxy) is 1. The van der Waals surface area contributed by atoms with Gasteiger partial charge >= 0.3 is 5.97 Å². The second kappa shape index (κ2) is 6.52. The zero-order valence-corrected chi connectivity index (χ0v) is 12.1. The van der Waals surface area contributed by atoms with Gasteiger partial charge in [0.1, 0.15) is 18.2 Å². The van der Waals surface area contributed by atoms with Crippen LogP contribution in [0.3, 0.4) is 0 Å². The third kappa shape index (κ3) is 3.81. The Morgan fingerprint density at radius 2 is 1.95 bits per heavy atom. The molecule has 0 radical (unpaired) electrons. The summed E-state index contributed by atoms with van der Waals surface area (Å²) in [5, 5.41) is 8.74. The highest BCUT2D eigenvalue weighted by atomic mass is 79.9. The number of hydrogen-bond acceptors (Lipinski definition) is 2. The van der Waals surface area contributed by atoms with Crippen LogP contribution < -0.4 is 4.74 Å². The number of halogens is 2. The molecular formula is C15H12BrFO3. The molecule has 0 atom stereocenters. The van der Waals surface area contributed by atoms with E-state index in [2.05, 4.69) is 15.9 Å². The van der Waals surface area contributed by atoms with Gasteiger partial charge in [0, 0.05) is 5.56 Å². The van der Waals surface area contributed by atoms with Crippen LogP contribution in [0.4, 0.5) is 4.39 Å². The summed E-state index contributed by atoms with van der Waals surface area (Å²) in [7, 11) is 0. The fraction of sp³-hybridized carbons (Fsp3) is 0.133. The molecule has 3 nitrogen and oxygen atoms in total. The van der Waals surface area contributed by atoms with E-state index in [1.807, 2.05) is 30.3 Å². The lowest BCUT2D eigenvalue weighted by Crippen LogP contribution is -2.04. The molecule has 0 aliphatic carbocycles. The maximum absolute atomic E-state index is 13.6. The fourth-order valence-corrected chi connectivity index (χ4v) is 2.15. The molecule has 0 aliphatic rings. The summed E-state index contributed by atoms with van der Waals surface area (Å²) >= 11 is 3.21. The minimum Gasteiger partial charge on any atom is -0.488 e. The Balaban J connectivity index is 2.16. The Kier molecular flexibility index (Phi) is 4.74. The number of carbonyl (C=O) groups is 1. The molecule has 0 saturated carbocycles. The van der Waals surface area contributed by atoms with Gasteiger partial charge < -0.3 is 9.84 Å². The van der Waals surface area contributed by atoms with Crippen LogP contribution in [-0.4, -0.2) is 11.1 Å². The molecule has 0 aromatic heterocycles. The Labute approximate surface area is 124 Å². The van der Waals surface area contributed by atoms with E-state index >= 15 is 0 Å². The van der Waals surface area contributed by atoms with Gasteiger partial charge in [0.05, 0.1) is 10.9 Å². The lowest BCUT2D eigenvalue weighted by atomic mass is 10.1. The molecule has 5 heteroatoms. The molecule has 0 fully saturated rings. The molecule has 20 heavy (non-hydrogen) atoms. The van der Waals surface area contributed by atoms with Crippen LogP contribution in [0.2, 0.25) is 0 Å². The lowest BCUT2D eigenvalue weighted by molar-refractivity contribution is -0.136. The van der Waals surface area contributed by atoms with E-state index < -0.39 is 11.8 Å². The van der Waals surface area contributed by atoms with Crippen molar-refractivity contribution in [3.63, 3.8) is 0 Å². The molecule has 1 N–H and O–H groups in total. The van der Waals surface area contributed by atoms with Crippen molar-refractivity contribution in [2.75, 3.05) is 0 Å². The molecule has 2 rings (SSSR count). The largest absolute Gasteiger partial charge is 0.488 e. The zero-order valence-electron chi connectivity index (χ0n) is 10.5. The van der Waals surface area contributed by atoms with Gasteiger partial charge in [0.25, 0.3) is 0 Å². The van der Waals surface area contributed by atoms with E-state index in [1.54, 1.807) is 0 Å². The summed E-state index contributed by atoms with van der Waals surface area (Å²) in [5.74, 6) is -1.22. The van der Waals surface area contributed by atoms with Gasteiger partial charge in [-0.1, -0.05) is 30.3 Å². The number of benzene rings is 2. The summed E-state index contributed by atoms with van der Waals surface area (Å²) in [6, 6.07) is 12.2. The lowest BCUT2D eigenvalue weighted by Gasteiger charge is -2.10. The van der Waals surface area contributed by atoms with Gasteiger partial charge in [-0.3, -0.25) is 4.79 Å². The maximum atomic E-state index is 13.6. The third-order valence-electron chi connectivity index (χ3n) is 2.68. The predicted octanol–water partition coefficient (Wildman–Crippen LogP) is 3.79. The first-order chi connectivity index (χ1) is 9.56. The molecule has 104 valence electrons. The maximum Gasteiger partial charge on any atom is 0.307 e. The second-order valence-corrected chi connectivity index (χ2v) is 5.07. The van der Waals surface area contributed by atoms with Crippen LogP contribution in [0.25, 0.3) is 0 Å². The van der Waals surface area contributed by atoms with Crippen molar-refractivity contribution < 1.29 is 19.0 Å². The first-order valence-corrected chi connectivity index (χ1v) is 6.72. The molecule has 0 heterocycles. The number of hydrogen-bond donors (Lipinski definition) is 1. The third-order valence-corrected chi connectivity index (χ3v) is 3.30. The van der Waals surface area contributed by atoms with Crippen molar-refractivity contribution in [3.8, 4) is 5.75 Å². The molecule has 0 spiro atoms. The molecular weight excluding hydrogens is 327 g/mol. The van der Waals surface area contributed by atoms with Crippen molar-refractivity contribution in [1.82, 2.24) is 0 Å². The zero-order chi connectivity index (χ0) is 14.5. The molecule has 0 aliphatic heterocycles. The van der Waals surface area contributed by atoms with E-state index in [9.17, 15) is 9.18 Å². The summed E-state index contributed by atoms with van der Waals surface area (Å²) < 4.78 is 19.7. The van der Waals surface area contributed by atoms with Crippen molar-refractivity contribution in [1.29, 1.82) is 0 Å². The van der Waals surface area contributed by atoms with Crippen LogP contribution >= 0.6 is 15.9 Å². The average molecular weight is 339 g/mol. The van der Waals surface area contributed by atoms with Crippen LogP contribution in [0.15, 0.2) is 46.9 Å². The number of carboxylic acids is 1. The molecule has 0 unspecified atom stereocenters. The number of aliphatic carboxylic acids is 1. The van der Waals surface area contributed by atoms with E-state index in [1.165, 1.54) is 12.1 Å². The van der Waals surface area contributed by atoms with Crippen LogP contribution in [-0.2, 0) is 17.8 Å². The van der Waals surface area contributed by atoms with Gasteiger partial charge in [0.2, 0.25) is 0 Å². The first kappa shape index (κ1) is 14.5. The summed E-state index contributed by atoms with van der Waals surface area (Å²) in [6.07, 6.45) is -0.374. The first-order valence-electron chi connectivity index (χ1n) is 5.92. The molecule has 0 amide bonds. The fourth-order valence-electron chi connectivity index (χ4n) is 1.72. The second-order valence-electron chi connectivity index (χ2n) is 4.22. The van der Waals surface area contributed by atoms with E-state index in [4.69, 9.17) is 9.84 Å². The number of carboxylic acid groups (broad SMARTS) is 1. The van der Waals surface area contributed by atoms with Gasteiger partial charge in [-0.2, -0.15) is 0 Å². The van der Waals surface area contributed by atoms with Crippen molar-refractivity contribution in [2.45, 2.75) is 13.0 Å². The summed E-state index contributed by atoms with van der Waals surface area (Å²) in [5.41, 5.74) is 1.08. The molecule has 0 saturated heterocycles. The highest BCUT2D eigenvalue weighted by molar-refractivity contribution is 9.10. The molecule has 2 aromatic rings. The molecule has 2 aromatic carbocycles. The summed E-state index contributed by atoms with van der Waals surface area (Å²) in [4.78, 5) is 10.7. The van der Waals surface area contributed by atoms with E-state index in [0.717, 1.165) is 5.56 Å². The SMILES string of the molecule is O=C(O)Cc1cc(OCc2ccccc2)c(Br)cc1F. The van der Waals surface area contributed by atoms with E-state index in [-0.39, 0.29) is 12.0 Å². The highest BCUT2D eigenvalue weighted by Gasteiger charge is 2.12. The smallest absolute Gasteiger partial charge is 0.307 e. The average Bonchev–Trinajstić information content (AvgIpc) is 2.41. The van der Waals surface area contributed by atoms with Crippen molar-refractivity contribution in [2.24, 2.45) is 0 Å².